The molecule has 4 nitrogen and oxygen atoms in total. The predicted octanol–water partition coefficient (Wildman–Crippen LogP) is 3.84. The summed E-state index contributed by atoms with van der Waals surface area (Å²) in [5.41, 5.74) is 1.47. The Morgan fingerprint density at radius 1 is 1.12 bits per heavy atom. The number of rotatable bonds is 5. The quantitative estimate of drug-likeness (QED) is 0.876. The van der Waals surface area contributed by atoms with E-state index in [1.807, 2.05) is 18.2 Å². The zero-order valence-electron chi connectivity index (χ0n) is 14.0. The van der Waals surface area contributed by atoms with Crippen molar-refractivity contribution < 1.29 is 22.7 Å². The van der Waals surface area contributed by atoms with Gasteiger partial charge in [0.05, 0.1) is 0 Å². The fourth-order valence-corrected chi connectivity index (χ4v) is 3.02. The van der Waals surface area contributed by atoms with Crippen molar-refractivity contribution in [2.24, 2.45) is 5.92 Å². The predicted molar refractivity (Wildman–Crippen MR) is 92.2 cm³/mol. The minimum atomic E-state index is -4.74. The van der Waals surface area contributed by atoms with Gasteiger partial charge in [0.2, 0.25) is 0 Å². The van der Waals surface area contributed by atoms with Crippen LogP contribution in [0.2, 0.25) is 0 Å². The molecule has 1 heterocycles. The van der Waals surface area contributed by atoms with Crippen molar-refractivity contribution in [3.8, 4) is 5.75 Å². The molecule has 3 rings (SSSR count). The third-order valence-corrected chi connectivity index (χ3v) is 4.31. The van der Waals surface area contributed by atoms with Crippen molar-refractivity contribution in [1.82, 2.24) is 5.32 Å². The monoisotopic (exact) mass is 364 g/mol. The van der Waals surface area contributed by atoms with Crippen LogP contribution in [-0.4, -0.2) is 31.9 Å². The van der Waals surface area contributed by atoms with E-state index in [1.165, 1.54) is 17.8 Å². The number of para-hydroxylation sites is 1. The van der Waals surface area contributed by atoms with Crippen LogP contribution in [-0.2, 0) is 0 Å². The third kappa shape index (κ3) is 4.91. The summed E-state index contributed by atoms with van der Waals surface area (Å²) in [5.74, 6) is -0.308. The molecule has 1 N–H and O–H groups in total. The lowest BCUT2D eigenvalue weighted by molar-refractivity contribution is -0.274. The Hall–Kier alpha value is -2.70. The summed E-state index contributed by atoms with van der Waals surface area (Å²) < 4.78 is 40.2. The summed E-state index contributed by atoms with van der Waals surface area (Å²) >= 11 is 0. The van der Waals surface area contributed by atoms with E-state index in [0.717, 1.165) is 31.6 Å². The maximum atomic E-state index is 12.2. The molecule has 26 heavy (non-hydrogen) atoms. The van der Waals surface area contributed by atoms with Gasteiger partial charge in [0.15, 0.2) is 0 Å². The van der Waals surface area contributed by atoms with Crippen molar-refractivity contribution in [3.05, 3.63) is 60.2 Å². The molecule has 0 spiro atoms. The van der Waals surface area contributed by atoms with Crippen LogP contribution >= 0.6 is 0 Å². The van der Waals surface area contributed by atoms with Crippen LogP contribution in [0.3, 0.4) is 0 Å². The molecule has 1 aliphatic rings. The standard InChI is InChI=1S/C19H19F3N2O2/c20-19(21,22)26-17-8-6-15(7-9-17)18(25)23-12-14-10-11-24(13-14)16-4-2-1-3-5-16/h1-9,14H,10-13H2,(H,23,25). The lowest BCUT2D eigenvalue weighted by atomic mass is 10.1. The van der Waals surface area contributed by atoms with Crippen LogP contribution in [0.15, 0.2) is 54.6 Å². The number of ether oxygens (including phenoxy) is 1. The Balaban J connectivity index is 1.48. The zero-order chi connectivity index (χ0) is 18.6. The second-order valence-corrected chi connectivity index (χ2v) is 6.22. The number of nitrogens with zero attached hydrogens (tertiary/aromatic N) is 1. The lowest BCUT2D eigenvalue weighted by Crippen LogP contribution is -2.31. The van der Waals surface area contributed by atoms with Gasteiger partial charge in [-0.05, 0) is 48.7 Å². The molecule has 138 valence electrons. The minimum absolute atomic E-state index is 0.303. The Morgan fingerprint density at radius 2 is 1.81 bits per heavy atom. The van der Waals surface area contributed by atoms with Crippen molar-refractivity contribution in [2.45, 2.75) is 12.8 Å². The lowest BCUT2D eigenvalue weighted by Gasteiger charge is -2.18. The Labute approximate surface area is 149 Å². The summed E-state index contributed by atoms with van der Waals surface area (Å²) in [6.07, 6.45) is -3.76. The van der Waals surface area contributed by atoms with Crippen molar-refractivity contribution in [3.63, 3.8) is 0 Å². The normalized spacial score (nSPS) is 17.2. The second-order valence-electron chi connectivity index (χ2n) is 6.22. The molecule has 0 aliphatic carbocycles. The number of hydrogen-bond acceptors (Lipinski definition) is 3. The van der Waals surface area contributed by atoms with Gasteiger partial charge in [-0.3, -0.25) is 4.79 Å². The van der Waals surface area contributed by atoms with E-state index in [4.69, 9.17) is 0 Å². The van der Waals surface area contributed by atoms with E-state index >= 15 is 0 Å². The van der Waals surface area contributed by atoms with Gasteiger partial charge in [0.25, 0.3) is 5.91 Å². The molecular weight excluding hydrogens is 345 g/mol. The first-order valence-corrected chi connectivity index (χ1v) is 8.35. The smallest absolute Gasteiger partial charge is 0.406 e. The second kappa shape index (κ2) is 7.68. The molecule has 1 unspecified atom stereocenters. The van der Waals surface area contributed by atoms with Gasteiger partial charge < -0.3 is 15.0 Å². The van der Waals surface area contributed by atoms with Gasteiger partial charge in [-0.15, -0.1) is 13.2 Å². The van der Waals surface area contributed by atoms with Crippen LogP contribution in [0.25, 0.3) is 0 Å². The molecule has 1 aliphatic heterocycles. The SMILES string of the molecule is O=C(NCC1CCN(c2ccccc2)C1)c1ccc(OC(F)(F)F)cc1. The molecular formula is C19H19F3N2O2. The minimum Gasteiger partial charge on any atom is -0.406 e. The maximum Gasteiger partial charge on any atom is 0.573 e. The first-order valence-electron chi connectivity index (χ1n) is 8.35. The molecule has 1 amide bonds. The van der Waals surface area contributed by atoms with Crippen molar-refractivity contribution in [1.29, 1.82) is 0 Å². The van der Waals surface area contributed by atoms with Gasteiger partial charge in [0, 0.05) is 30.9 Å². The molecule has 0 aromatic heterocycles. The number of carbonyl (C=O) groups is 1. The van der Waals surface area contributed by atoms with Crippen LogP contribution in [0, 0.1) is 5.92 Å². The Morgan fingerprint density at radius 3 is 2.46 bits per heavy atom. The van der Waals surface area contributed by atoms with Gasteiger partial charge in [0.1, 0.15) is 5.75 Å². The van der Waals surface area contributed by atoms with E-state index in [1.54, 1.807) is 0 Å². The zero-order valence-corrected chi connectivity index (χ0v) is 14.0. The summed E-state index contributed by atoms with van der Waals surface area (Å²) in [4.78, 5) is 14.4. The summed E-state index contributed by atoms with van der Waals surface area (Å²) in [6.45, 7) is 2.33. The van der Waals surface area contributed by atoms with Crippen molar-refractivity contribution >= 4 is 11.6 Å². The summed E-state index contributed by atoms with van der Waals surface area (Å²) in [6, 6.07) is 15.0. The largest absolute Gasteiger partial charge is 0.573 e. The number of nitrogens with one attached hydrogen (secondary N) is 1. The summed E-state index contributed by atoms with van der Waals surface area (Å²) in [5, 5.41) is 2.85. The van der Waals surface area contributed by atoms with Crippen LogP contribution in [0.1, 0.15) is 16.8 Å². The highest BCUT2D eigenvalue weighted by molar-refractivity contribution is 5.94. The fourth-order valence-electron chi connectivity index (χ4n) is 3.02. The molecule has 2 aromatic rings. The maximum absolute atomic E-state index is 12.2. The number of anilines is 1. The average molecular weight is 364 g/mol. The first kappa shape index (κ1) is 18.1. The van der Waals surface area contributed by atoms with Crippen LogP contribution < -0.4 is 15.0 Å². The van der Waals surface area contributed by atoms with E-state index in [0.29, 0.717) is 18.0 Å². The van der Waals surface area contributed by atoms with Crippen LogP contribution in [0.5, 0.6) is 5.75 Å². The molecule has 0 saturated carbocycles. The van der Waals surface area contributed by atoms with Crippen molar-refractivity contribution in [2.75, 3.05) is 24.5 Å². The molecule has 1 saturated heterocycles. The fraction of sp³-hybridized carbons (Fsp3) is 0.316. The van der Waals surface area contributed by atoms with E-state index in [9.17, 15) is 18.0 Å². The van der Waals surface area contributed by atoms with E-state index in [-0.39, 0.29) is 11.7 Å². The molecule has 7 heteroatoms. The number of hydrogen-bond donors (Lipinski definition) is 1. The highest BCUT2D eigenvalue weighted by atomic mass is 19.4. The Bertz CT molecular complexity index is 733. The number of halogens is 3. The molecule has 0 radical (unpaired) electrons. The average Bonchev–Trinajstić information content (AvgIpc) is 3.09. The first-order chi connectivity index (χ1) is 12.4. The number of alkyl halides is 3. The topological polar surface area (TPSA) is 41.6 Å². The van der Waals surface area contributed by atoms with Gasteiger partial charge in [-0.2, -0.15) is 0 Å². The molecule has 1 atom stereocenters. The summed E-state index contributed by atoms with van der Waals surface area (Å²) in [7, 11) is 0. The Kier molecular flexibility index (Phi) is 5.35. The molecule has 1 fully saturated rings. The van der Waals surface area contributed by atoms with E-state index in [2.05, 4.69) is 27.1 Å². The van der Waals surface area contributed by atoms with Crippen LogP contribution in [0.4, 0.5) is 18.9 Å². The highest BCUT2D eigenvalue weighted by Crippen LogP contribution is 2.24. The van der Waals surface area contributed by atoms with Gasteiger partial charge in [-0.25, -0.2) is 0 Å². The van der Waals surface area contributed by atoms with Gasteiger partial charge in [-0.1, -0.05) is 18.2 Å². The molecule has 2 aromatic carbocycles. The number of benzene rings is 2. The third-order valence-electron chi connectivity index (χ3n) is 4.31. The van der Waals surface area contributed by atoms with E-state index < -0.39 is 6.36 Å². The van der Waals surface area contributed by atoms with Gasteiger partial charge >= 0.3 is 6.36 Å². The highest BCUT2D eigenvalue weighted by Gasteiger charge is 2.31. The molecule has 0 bridgehead atoms. The number of carbonyl (C=O) groups excluding carboxylic acids is 1. The number of amides is 1.